The topological polar surface area (TPSA) is 95.9 Å². The van der Waals surface area contributed by atoms with Crippen LogP contribution in [0.15, 0.2) is 12.1 Å². The number of carbonyl (C=O) groups is 1. The van der Waals surface area contributed by atoms with Gasteiger partial charge in [0.25, 0.3) is 0 Å². The van der Waals surface area contributed by atoms with Gasteiger partial charge in [-0.2, -0.15) is 0 Å². The van der Waals surface area contributed by atoms with E-state index in [9.17, 15) is 18.3 Å². The molecule has 0 saturated carbocycles. The van der Waals surface area contributed by atoms with Gasteiger partial charge < -0.3 is 15.2 Å². The molecule has 21 heavy (non-hydrogen) atoms. The molecule has 8 heteroatoms. The zero-order valence-electron chi connectivity index (χ0n) is 11.9. The highest BCUT2D eigenvalue weighted by atomic mass is 32.2. The molecule has 0 amide bonds. The van der Waals surface area contributed by atoms with Crippen LogP contribution in [0.3, 0.4) is 0 Å². The van der Waals surface area contributed by atoms with Gasteiger partial charge in [-0.3, -0.25) is 4.31 Å². The van der Waals surface area contributed by atoms with E-state index in [1.54, 1.807) is 0 Å². The van der Waals surface area contributed by atoms with Gasteiger partial charge in [-0.05, 0) is 25.5 Å². The van der Waals surface area contributed by atoms with E-state index < -0.39 is 16.0 Å². The molecule has 1 aliphatic heterocycles. The molecular formula is C13H18N2O5S. The molecule has 2 N–H and O–H groups in total. The summed E-state index contributed by atoms with van der Waals surface area (Å²) in [5, 5.41) is 12.2. The molecule has 1 fully saturated rings. The summed E-state index contributed by atoms with van der Waals surface area (Å²) < 4.78 is 30.7. The molecule has 0 radical (unpaired) electrons. The Balaban J connectivity index is 2.64. The van der Waals surface area contributed by atoms with Crippen LogP contribution in [0, 0.1) is 0 Å². The number of methoxy groups -OCH3 is 1. The smallest absolute Gasteiger partial charge is 0.335 e. The van der Waals surface area contributed by atoms with Crippen molar-refractivity contribution in [3.8, 4) is 5.75 Å². The van der Waals surface area contributed by atoms with Gasteiger partial charge in [-0.1, -0.05) is 0 Å². The Morgan fingerprint density at radius 1 is 1.48 bits per heavy atom. The standard InChI is InChI=1S/C13H18N2O5S/c1-3-14-10-7-9(13(16)17)8-11(12(10)20-2)15-5-4-6-21(15,18)19/h7-8,14H,3-6H2,1-2H3,(H,16,17). The minimum absolute atomic E-state index is 0.0175. The van der Waals surface area contributed by atoms with E-state index in [-0.39, 0.29) is 17.0 Å². The lowest BCUT2D eigenvalue weighted by Gasteiger charge is -2.22. The maximum atomic E-state index is 12.1. The third kappa shape index (κ3) is 2.90. The highest BCUT2D eigenvalue weighted by Gasteiger charge is 2.32. The van der Waals surface area contributed by atoms with E-state index in [2.05, 4.69) is 5.32 Å². The summed E-state index contributed by atoms with van der Waals surface area (Å²) in [7, 11) is -1.98. The number of hydrogen-bond acceptors (Lipinski definition) is 5. The first-order chi connectivity index (χ1) is 9.90. The first-order valence-corrected chi connectivity index (χ1v) is 8.21. The number of benzene rings is 1. The number of ether oxygens (including phenoxy) is 1. The summed E-state index contributed by atoms with van der Waals surface area (Å²) in [5.74, 6) is -0.716. The number of carboxylic acid groups (broad SMARTS) is 1. The van der Waals surface area contributed by atoms with Gasteiger partial charge in [0.2, 0.25) is 10.0 Å². The summed E-state index contributed by atoms with van der Waals surface area (Å²) in [6.07, 6.45) is 0.513. The molecule has 1 saturated heterocycles. The van der Waals surface area contributed by atoms with Crippen LogP contribution < -0.4 is 14.4 Å². The van der Waals surface area contributed by atoms with Gasteiger partial charge >= 0.3 is 5.97 Å². The Hall–Kier alpha value is -1.96. The summed E-state index contributed by atoms with van der Waals surface area (Å²) in [6.45, 7) is 2.75. The van der Waals surface area contributed by atoms with Crippen LogP contribution >= 0.6 is 0 Å². The zero-order valence-corrected chi connectivity index (χ0v) is 12.7. The number of aromatic carboxylic acids is 1. The van der Waals surface area contributed by atoms with E-state index >= 15 is 0 Å². The van der Waals surface area contributed by atoms with Crippen LogP contribution in [0.2, 0.25) is 0 Å². The van der Waals surface area contributed by atoms with Crippen LogP contribution in [-0.4, -0.2) is 45.4 Å². The molecule has 0 atom stereocenters. The van der Waals surface area contributed by atoms with E-state index in [0.717, 1.165) is 0 Å². The van der Waals surface area contributed by atoms with E-state index in [0.29, 0.717) is 30.9 Å². The van der Waals surface area contributed by atoms with Crippen molar-refractivity contribution in [3.63, 3.8) is 0 Å². The normalized spacial score (nSPS) is 16.8. The number of carboxylic acids is 1. The predicted molar refractivity (Wildman–Crippen MR) is 79.9 cm³/mol. The molecule has 7 nitrogen and oxygen atoms in total. The Kier molecular flexibility index (Phi) is 4.26. The first kappa shape index (κ1) is 15.4. The number of nitrogens with zero attached hydrogens (tertiary/aromatic N) is 1. The lowest BCUT2D eigenvalue weighted by atomic mass is 10.1. The molecule has 1 heterocycles. The van der Waals surface area contributed by atoms with Crippen molar-refractivity contribution < 1.29 is 23.1 Å². The van der Waals surface area contributed by atoms with Gasteiger partial charge in [0.15, 0.2) is 5.75 Å². The second kappa shape index (κ2) is 5.80. The Labute approximate surface area is 123 Å². The zero-order chi connectivity index (χ0) is 15.6. The molecule has 0 unspecified atom stereocenters. The summed E-state index contributed by atoms with van der Waals surface area (Å²) in [5.41, 5.74) is 0.756. The van der Waals surface area contributed by atoms with E-state index in [1.807, 2.05) is 6.92 Å². The molecule has 0 aromatic heterocycles. The van der Waals surface area contributed by atoms with Crippen molar-refractivity contribution in [2.75, 3.05) is 35.6 Å². The largest absolute Gasteiger partial charge is 0.492 e. The minimum atomic E-state index is -3.41. The van der Waals surface area contributed by atoms with Crippen molar-refractivity contribution >= 4 is 27.4 Å². The SMILES string of the molecule is CCNc1cc(C(=O)O)cc(N2CCCS2(=O)=O)c1OC. The lowest BCUT2D eigenvalue weighted by molar-refractivity contribution is 0.0697. The molecule has 0 aliphatic carbocycles. The monoisotopic (exact) mass is 314 g/mol. The minimum Gasteiger partial charge on any atom is -0.492 e. The van der Waals surface area contributed by atoms with Crippen molar-refractivity contribution in [2.24, 2.45) is 0 Å². The fourth-order valence-electron chi connectivity index (χ4n) is 2.37. The predicted octanol–water partition coefficient (Wildman–Crippen LogP) is 1.37. The lowest BCUT2D eigenvalue weighted by Crippen LogP contribution is -2.26. The average molecular weight is 314 g/mol. The summed E-state index contributed by atoms with van der Waals surface area (Å²) in [4.78, 5) is 11.2. The molecular weight excluding hydrogens is 296 g/mol. The third-order valence-electron chi connectivity index (χ3n) is 3.26. The third-order valence-corrected chi connectivity index (χ3v) is 5.11. The summed E-state index contributed by atoms with van der Waals surface area (Å²) in [6, 6.07) is 2.78. The van der Waals surface area contributed by atoms with Gasteiger partial charge in [-0.25, -0.2) is 13.2 Å². The maximum Gasteiger partial charge on any atom is 0.335 e. The molecule has 1 aliphatic rings. The fraction of sp³-hybridized carbons (Fsp3) is 0.462. The van der Waals surface area contributed by atoms with Crippen molar-refractivity contribution in [2.45, 2.75) is 13.3 Å². The van der Waals surface area contributed by atoms with Gasteiger partial charge in [0, 0.05) is 13.1 Å². The highest BCUT2D eigenvalue weighted by Crippen LogP contribution is 2.40. The molecule has 0 spiro atoms. The van der Waals surface area contributed by atoms with Gasteiger partial charge in [0.05, 0.1) is 29.8 Å². The fourth-order valence-corrected chi connectivity index (χ4v) is 3.93. The number of nitrogens with one attached hydrogen (secondary N) is 1. The number of hydrogen-bond donors (Lipinski definition) is 2. The first-order valence-electron chi connectivity index (χ1n) is 6.60. The number of anilines is 2. The Morgan fingerprint density at radius 2 is 2.19 bits per heavy atom. The van der Waals surface area contributed by atoms with Crippen molar-refractivity contribution in [1.82, 2.24) is 0 Å². The van der Waals surface area contributed by atoms with Crippen LogP contribution in [0.5, 0.6) is 5.75 Å². The number of rotatable bonds is 5. The molecule has 1 aromatic rings. The summed E-state index contributed by atoms with van der Waals surface area (Å²) >= 11 is 0. The van der Waals surface area contributed by atoms with Crippen LogP contribution in [0.1, 0.15) is 23.7 Å². The second-order valence-corrected chi connectivity index (χ2v) is 6.67. The van der Waals surface area contributed by atoms with Crippen molar-refractivity contribution in [1.29, 1.82) is 0 Å². The molecule has 2 rings (SSSR count). The number of sulfonamides is 1. The Bertz CT molecular complexity index is 657. The van der Waals surface area contributed by atoms with E-state index in [4.69, 9.17) is 4.74 Å². The van der Waals surface area contributed by atoms with Crippen LogP contribution in [0.25, 0.3) is 0 Å². The molecule has 116 valence electrons. The average Bonchev–Trinajstić information content (AvgIpc) is 2.77. The second-order valence-electron chi connectivity index (χ2n) is 4.65. The highest BCUT2D eigenvalue weighted by molar-refractivity contribution is 7.93. The van der Waals surface area contributed by atoms with Crippen LogP contribution in [-0.2, 0) is 10.0 Å². The Morgan fingerprint density at radius 3 is 2.67 bits per heavy atom. The van der Waals surface area contributed by atoms with Gasteiger partial charge in [-0.15, -0.1) is 0 Å². The molecule has 0 bridgehead atoms. The van der Waals surface area contributed by atoms with Gasteiger partial charge in [0.1, 0.15) is 0 Å². The molecule has 1 aromatic carbocycles. The maximum absolute atomic E-state index is 12.1. The van der Waals surface area contributed by atoms with Crippen molar-refractivity contribution in [3.05, 3.63) is 17.7 Å². The quantitative estimate of drug-likeness (QED) is 0.852. The van der Waals surface area contributed by atoms with E-state index in [1.165, 1.54) is 23.5 Å². The van der Waals surface area contributed by atoms with Crippen LogP contribution in [0.4, 0.5) is 11.4 Å².